The van der Waals surface area contributed by atoms with E-state index in [2.05, 4.69) is 5.32 Å². The van der Waals surface area contributed by atoms with Gasteiger partial charge in [-0.25, -0.2) is 4.79 Å². The van der Waals surface area contributed by atoms with E-state index in [0.29, 0.717) is 23.5 Å². The largest absolute Gasteiger partial charge is 0.465 e. The van der Waals surface area contributed by atoms with Gasteiger partial charge in [-0.3, -0.25) is 0 Å². The summed E-state index contributed by atoms with van der Waals surface area (Å²) in [5.74, 6) is -0.436. The summed E-state index contributed by atoms with van der Waals surface area (Å²) < 4.78 is 9.96. The van der Waals surface area contributed by atoms with Crippen molar-refractivity contribution in [3.63, 3.8) is 0 Å². The number of benzene rings is 2. The van der Waals surface area contributed by atoms with Crippen molar-refractivity contribution in [1.29, 1.82) is 0 Å². The van der Waals surface area contributed by atoms with E-state index in [1.165, 1.54) is 7.11 Å². The molecule has 0 spiro atoms. The zero-order valence-corrected chi connectivity index (χ0v) is 12.1. The number of esters is 1. The Labute approximate surface area is 123 Å². The third-order valence-electron chi connectivity index (χ3n) is 3.04. The summed E-state index contributed by atoms with van der Waals surface area (Å²) in [6, 6.07) is 12.8. The average Bonchev–Trinajstić information content (AvgIpc) is 2.50. The molecule has 21 heavy (non-hydrogen) atoms. The van der Waals surface area contributed by atoms with E-state index in [0.717, 1.165) is 11.3 Å². The van der Waals surface area contributed by atoms with Crippen LogP contribution in [0.5, 0.6) is 0 Å². The number of carbonyl (C=O) groups is 1. The van der Waals surface area contributed by atoms with E-state index in [-0.39, 0.29) is 0 Å². The Bertz CT molecular complexity index is 641. The Kier molecular flexibility index (Phi) is 4.79. The predicted octanol–water partition coefficient (Wildman–Crippen LogP) is 2.95. The van der Waals surface area contributed by atoms with E-state index in [1.807, 2.05) is 24.3 Å². The molecule has 2 rings (SSSR count). The Morgan fingerprint density at radius 2 is 1.90 bits per heavy atom. The van der Waals surface area contributed by atoms with Gasteiger partial charge in [-0.1, -0.05) is 18.2 Å². The van der Waals surface area contributed by atoms with Gasteiger partial charge in [-0.05, 0) is 24.3 Å². The van der Waals surface area contributed by atoms with E-state index >= 15 is 0 Å². The summed E-state index contributed by atoms with van der Waals surface area (Å²) in [5, 5.41) is 3.23. The van der Waals surface area contributed by atoms with Crippen molar-refractivity contribution in [1.82, 2.24) is 0 Å². The number of hydrogen-bond acceptors (Lipinski definition) is 5. The zero-order valence-electron chi connectivity index (χ0n) is 12.1. The van der Waals surface area contributed by atoms with Crippen molar-refractivity contribution in [2.75, 3.05) is 25.3 Å². The molecule has 3 N–H and O–H groups in total. The molecule has 5 heteroatoms. The van der Waals surface area contributed by atoms with Crippen molar-refractivity contribution in [2.45, 2.75) is 6.61 Å². The number of nitrogens with one attached hydrogen (secondary N) is 1. The Balaban J connectivity index is 2.38. The van der Waals surface area contributed by atoms with Crippen LogP contribution >= 0.6 is 0 Å². The fourth-order valence-corrected chi connectivity index (χ4v) is 2.02. The molecule has 0 saturated heterocycles. The molecule has 5 nitrogen and oxygen atoms in total. The van der Waals surface area contributed by atoms with Crippen LogP contribution in [0.2, 0.25) is 0 Å². The third kappa shape index (κ3) is 3.52. The Morgan fingerprint density at radius 1 is 1.14 bits per heavy atom. The molecular formula is C16H18N2O3. The van der Waals surface area contributed by atoms with E-state index in [1.54, 1.807) is 25.3 Å². The molecule has 0 unspecified atom stereocenters. The number of ether oxygens (including phenoxy) is 2. The maximum atomic E-state index is 11.8. The highest BCUT2D eigenvalue weighted by molar-refractivity contribution is 5.97. The first-order chi connectivity index (χ1) is 10.2. The first-order valence-electron chi connectivity index (χ1n) is 6.47. The number of nitrogen functional groups attached to an aromatic ring is 1. The molecule has 0 heterocycles. The van der Waals surface area contributed by atoms with Crippen LogP contribution in [-0.2, 0) is 16.1 Å². The second kappa shape index (κ2) is 6.76. The average molecular weight is 286 g/mol. The highest BCUT2D eigenvalue weighted by Gasteiger charge is 2.13. The lowest BCUT2D eigenvalue weighted by atomic mass is 10.1. The smallest absolute Gasteiger partial charge is 0.340 e. The summed E-state index contributed by atoms with van der Waals surface area (Å²) in [7, 11) is 2.98. The summed E-state index contributed by atoms with van der Waals surface area (Å²) >= 11 is 0. The molecule has 110 valence electrons. The lowest BCUT2D eigenvalue weighted by molar-refractivity contribution is 0.0602. The van der Waals surface area contributed by atoms with Gasteiger partial charge < -0.3 is 20.5 Å². The van der Waals surface area contributed by atoms with E-state index in [4.69, 9.17) is 15.2 Å². The molecule has 0 amide bonds. The van der Waals surface area contributed by atoms with Gasteiger partial charge in [0.15, 0.2) is 0 Å². The van der Waals surface area contributed by atoms with Crippen LogP contribution in [0, 0.1) is 0 Å². The molecule has 0 aliphatic rings. The fraction of sp³-hybridized carbons (Fsp3) is 0.188. The number of nitrogens with two attached hydrogens (primary N) is 1. The molecule has 0 fully saturated rings. The topological polar surface area (TPSA) is 73.6 Å². The number of rotatable bonds is 5. The number of para-hydroxylation sites is 1. The molecule has 0 radical (unpaired) electrons. The molecular weight excluding hydrogens is 268 g/mol. The SMILES string of the molecule is COCc1ccccc1Nc1ccc(N)cc1C(=O)OC. The zero-order chi connectivity index (χ0) is 15.2. The van der Waals surface area contributed by atoms with Crippen LogP contribution in [0.25, 0.3) is 0 Å². The van der Waals surface area contributed by atoms with Gasteiger partial charge in [0.1, 0.15) is 0 Å². The van der Waals surface area contributed by atoms with Crippen molar-refractivity contribution in [3.8, 4) is 0 Å². The number of methoxy groups -OCH3 is 2. The second-order valence-corrected chi connectivity index (χ2v) is 4.51. The summed E-state index contributed by atoms with van der Waals surface area (Å²) in [4.78, 5) is 11.8. The normalized spacial score (nSPS) is 10.2. The molecule has 0 aliphatic carbocycles. The Morgan fingerprint density at radius 3 is 2.62 bits per heavy atom. The lowest BCUT2D eigenvalue weighted by Gasteiger charge is -2.14. The quantitative estimate of drug-likeness (QED) is 0.653. The number of hydrogen-bond donors (Lipinski definition) is 2. The fourth-order valence-electron chi connectivity index (χ4n) is 2.02. The van der Waals surface area contributed by atoms with Crippen LogP contribution < -0.4 is 11.1 Å². The highest BCUT2D eigenvalue weighted by Crippen LogP contribution is 2.26. The minimum atomic E-state index is -0.436. The first kappa shape index (κ1) is 14.9. The van der Waals surface area contributed by atoms with Crippen LogP contribution in [0.15, 0.2) is 42.5 Å². The minimum Gasteiger partial charge on any atom is -0.465 e. The Hall–Kier alpha value is -2.53. The maximum Gasteiger partial charge on any atom is 0.340 e. The molecule has 2 aromatic carbocycles. The second-order valence-electron chi connectivity index (χ2n) is 4.51. The van der Waals surface area contributed by atoms with Gasteiger partial charge >= 0.3 is 5.97 Å². The van der Waals surface area contributed by atoms with Crippen LogP contribution in [0.4, 0.5) is 17.1 Å². The molecule has 0 saturated carbocycles. The monoisotopic (exact) mass is 286 g/mol. The molecule has 0 atom stereocenters. The van der Waals surface area contributed by atoms with Crippen molar-refractivity contribution in [3.05, 3.63) is 53.6 Å². The first-order valence-corrected chi connectivity index (χ1v) is 6.47. The molecule has 2 aromatic rings. The van der Waals surface area contributed by atoms with E-state index in [9.17, 15) is 4.79 Å². The van der Waals surface area contributed by atoms with Crippen LogP contribution in [-0.4, -0.2) is 20.2 Å². The van der Waals surface area contributed by atoms with Crippen LogP contribution in [0.3, 0.4) is 0 Å². The van der Waals surface area contributed by atoms with Crippen molar-refractivity contribution >= 4 is 23.0 Å². The van der Waals surface area contributed by atoms with Gasteiger partial charge in [-0.2, -0.15) is 0 Å². The van der Waals surface area contributed by atoms with Gasteiger partial charge in [0.25, 0.3) is 0 Å². The number of carbonyl (C=O) groups excluding carboxylic acids is 1. The van der Waals surface area contributed by atoms with Gasteiger partial charge in [0.05, 0.1) is 25.0 Å². The molecule has 0 bridgehead atoms. The standard InChI is InChI=1S/C16H18N2O3/c1-20-10-11-5-3-4-6-14(11)18-15-8-7-12(17)9-13(15)16(19)21-2/h3-9,18H,10,17H2,1-2H3. The van der Waals surface area contributed by atoms with Gasteiger partial charge in [-0.15, -0.1) is 0 Å². The highest BCUT2D eigenvalue weighted by atomic mass is 16.5. The van der Waals surface area contributed by atoms with E-state index < -0.39 is 5.97 Å². The third-order valence-corrected chi connectivity index (χ3v) is 3.04. The molecule has 0 aliphatic heterocycles. The predicted molar refractivity (Wildman–Crippen MR) is 82.6 cm³/mol. The molecule has 0 aromatic heterocycles. The minimum absolute atomic E-state index is 0.393. The van der Waals surface area contributed by atoms with Crippen molar-refractivity contribution in [2.24, 2.45) is 0 Å². The van der Waals surface area contributed by atoms with Crippen molar-refractivity contribution < 1.29 is 14.3 Å². The van der Waals surface area contributed by atoms with Gasteiger partial charge in [0.2, 0.25) is 0 Å². The lowest BCUT2D eigenvalue weighted by Crippen LogP contribution is -2.07. The summed E-state index contributed by atoms with van der Waals surface area (Å²) in [5.41, 5.74) is 9.14. The summed E-state index contributed by atoms with van der Waals surface area (Å²) in [6.45, 7) is 0.478. The number of anilines is 3. The maximum absolute atomic E-state index is 11.8. The van der Waals surface area contributed by atoms with Crippen LogP contribution in [0.1, 0.15) is 15.9 Å². The summed E-state index contributed by atoms with van der Waals surface area (Å²) in [6.07, 6.45) is 0. The van der Waals surface area contributed by atoms with Gasteiger partial charge in [0, 0.05) is 24.0 Å².